The van der Waals surface area contributed by atoms with E-state index in [0.717, 1.165) is 4.47 Å². The van der Waals surface area contributed by atoms with Crippen molar-refractivity contribution in [2.24, 2.45) is 0 Å². The zero-order chi connectivity index (χ0) is 13.6. The first-order valence-corrected chi connectivity index (χ1v) is 7.08. The largest absolute Gasteiger partial charge is 0.495 e. The fourth-order valence-corrected chi connectivity index (χ4v) is 2.92. The molecule has 101 valence electrons. The van der Waals surface area contributed by atoms with Crippen molar-refractivity contribution in [3.63, 3.8) is 0 Å². The summed E-state index contributed by atoms with van der Waals surface area (Å²) in [6, 6.07) is 6.46. The number of hydrogen-bond donors (Lipinski definition) is 0. The van der Waals surface area contributed by atoms with Gasteiger partial charge in [-0.15, -0.1) is 0 Å². The molecule has 0 heterocycles. The van der Waals surface area contributed by atoms with Crippen LogP contribution in [0.5, 0.6) is 5.75 Å². The van der Waals surface area contributed by atoms with Gasteiger partial charge in [-0.3, -0.25) is 4.84 Å². The summed E-state index contributed by atoms with van der Waals surface area (Å²) in [6.07, 6.45) is 1.71. The van der Waals surface area contributed by atoms with E-state index in [-0.39, 0.29) is 18.0 Å². The van der Waals surface area contributed by atoms with Crippen molar-refractivity contribution in [1.29, 1.82) is 0 Å². The third-order valence-electron chi connectivity index (χ3n) is 2.22. The number of hydrogen-bond acceptors (Lipinski definition) is 4. The molecule has 0 aromatic heterocycles. The summed E-state index contributed by atoms with van der Waals surface area (Å²) in [5.74, 6) is 0.304. The molecule has 1 aromatic rings. The van der Waals surface area contributed by atoms with Crippen molar-refractivity contribution < 1.29 is 18.0 Å². The van der Waals surface area contributed by atoms with Crippen LogP contribution in [0.15, 0.2) is 29.2 Å². The zero-order valence-electron chi connectivity index (χ0n) is 10.8. The molecule has 0 saturated heterocycles. The predicted octanol–water partition coefficient (Wildman–Crippen LogP) is 1.86. The van der Waals surface area contributed by atoms with Crippen LogP contribution in [0.4, 0.5) is 0 Å². The standard InChI is InChI=1S/C12H18NO4S/c1-4-10-13(17-5-2)18(14,15)12-9-7-6-8-11(12)16-3/h4,6-9H,5,10H2,1-3H3. The van der Waals surface area contributed by atoms with Crippen LogP contribution in [-0.2, 0) is 14.9 Å². The monoisotopic (exact) mass is 272 g/mol. The molecule has 0 fully saturated rings. The molecule has 1 rings (SSSR count). The van der Waals surface area contributed by atoms with E-state index in [4.69, 9.17) is 9.57 Å². The summed E-state index contributed by atoms with van der Waals surface area (Å²) in [5.41, 5.74) is 0. The maximum atomic E-state index is 12.4. The van der Waals surface area contributed by atoms with Crippen molar-refractivity contribution in [3.05, 3.63) is 30.7 Å². The van der Waals surface area contributed by atoms with Crippen LogP contribution in [0.3, 0.4) is 0 Å². The van der Waals surface area contributed by atoms with E-state index >= 15 is 0 Å². The summed E-state index contributed by atoms with van der Waals surface area (Å²) in [5, 5.41) is 0. The van der Waals surface area contributed by atoms with E-state index in [2.05, 4.69) is 0 Å². The first-order chi connectivity index (χ1) is 8.57. The Bertz CT molecular complexity index is 467. The topological polar surface area (TPSA) is 55.8 Å². The molecule has 0 aliphatic carbocycles. The third kappa shape index (κ3) is 3.22. The number of para-hydroxylation sites is 1. The number of ether oxygens (including phenoxy) is 1. The number of nitrogens with zero attached hydrogens (tertiary/aromatic N) is 1. The smallest absolute Gasteiger partial charge is 0.268 e. The lowest BCUT2D eigenvalue weighted by Crippen LogP contribution is -2.32. The van der Waals surface area contributed by atoms with Crippen LogP contribution in [0.1, 0.15) is 13.8 Å². The van der Waals surface area contributed by atoms with Gasteiger partial charge in [-0.25, -0.2) is 8.42 Å². The average molecular weight is 272 g/mol. The predicted molar refractivity (Wildman–Crippen MR) is 68.5 cm³/mol. The van der Waals surface area contributed by atoms with Gasteiger partial charge in [0.2, 0.25) is 0 Å². The third-order valence-corrected chi connectivity index (χ3v) is 3.90. The molecule has 0 bridgehead atoms. The SMILES string of the molecule is C[CH]CN(OCC)S(=O)(=O)c1ccccc1OC. The Labute approximate surface area is 108 Å². The maximum absolute atomic E-state index is 12.4. The van der Waals surface area contributed by atoms with Crippen molar-refractivity contribution in [2.45, 2.75) is 18.7 Å². The Hall–Kier alpha value is -1.11. The minimum Gasteiger partial charge on any atom is -0.495 e. The van der Waals surface area contributed by atoms with Gasteiger partial charge in [0.1, 0.15) is 10.6 Å². The fraction of sp³-hybridized carbons (Fsp3) is 0.417. The Kier molecular flexibility index (Phi) is 5.58. The van der Waals surface area contributed by atoms with Crippen LogP contribution in [0.2, 0.25) is 0 Å². The number of sulfonamides is 1. The van der Waals surface area contributed by atoms with E-state index in [1.54, 1.807) is 38.5 Å². The second-order valence-corrected chi connectivity index (χ2v) is 5.26. The summed E-state index contributed by atoms with van der Waals surface area (Å²) < 4.78 is 30.8. The van der Waals surface area contributed by atoms with Gasteiger partial charge in [0.25, 0.3) is 10.0 Å². The minimum atomic E-state index is -3.71. The molecule has 0 atom stereocenters. The highest BCUT2D eigenvalue weighted by atomic mass is 32.2. The molecule has 18 heavy (non-hydrogen) atoms. The quantitative estimate of drug-likeness (QED) is 0.711. The molecule has 0 N–H and O–H groups in total. The molecule has 0 saturated carbocycles. The highest BCUT2D eigenvalue weighted by Gasteiger charge is 2.27. The zero-order valence-corrected chi connectivity index (χ0v) is 11.6. The summed E-state index contributed by atoms with van der Waals surface area (Å²) in [7, 11) is -2.28. The maximum Gasteiger partial charge on any atom is 0.268 e. The molecule has 0 amide bonds. The van der Waals surface area contributed by atoms with Gasteiger partial charge in [-0.2, -0.15) is 0 Å². The van der Waals surface area contributed by atoms with E-state index in [1.165, 1.54) is 13.2 Å². The average Bonchev–Trinajstić information content (AvgIpc) is 2.38. The van der Waals surface area contributed by atoms with Crippen LogP contribution >= 0.6 is 0 Å². The van der Waals surface area contributed by atoms with Gasteiger partial charge in [-0.1, -0.05) is 23.5 Å². The Morgan fingerprint density at radius 3 is 2.56 bits per heavy atom. The summed E-state index contributed by atoms with van der Waals surface area (Å²) in [6.45, 7) is 3.97. The molecular formula is C12H18NO4S. The summed E-state index contributed by atoms with van der Waals surface area (Å²) in [4.78, 5) is 5.26. The molecule has 1 aromatic carbocycles. The first kappa shape index (κ1) is 14.9. The molecule has 0 aliphatic rings. The number of benzene rings is 1. The number of hydroxylamine groups is 1. The van der Waals surface area contributed by atoms with Crippen LogP contribution in [-0.4, -0.2) is 33.1 Å². The second-order valence-electron chi connectivity index (χ2n) is 3.47. The summed E-state index contributed by atoms with van der Waals surface area (Å²) >= 11 is 0. The molecule has 5 nitrogen and oxygen atoms in total. The van der Waals surface area contributed by atoms with E-state index in [9.17, 15) is 8.42 Å². The van der Waals surface area contributed by atoms with Crippen LogP contribution < -0.4 is 4.74 Å². The van der Waals surface area contributed by atoms with Crippen LogP contribution in [0, 0.1) is 6.42 Å². The van der Waals surface area contributed by atoms with E-state index in [0.29, 0.717) is 5.75 Å². The van der Waals surface area contributed by atoms with Gasteiger partial charge in [0, 0.05) is 6.54 Å². The Morgan fingerprint density at radius 1 is 1.33 bits per heavy atom. The van der Waals surface area contributed by atoms with E-state index in [1.807, 2.05) is 0 Å². The molecule has 0 unspecified atom stereocenters. The van der Waals surface area contributed by atoms with Crippen LogP contribution in [0.25, 0.3) is 0 Å². The molecule has 0 spiro atoms. The molecule has 0 aliphatic heterocycles. The van der Waals surface area contributed by atoms with Crippen molar-refractivity contribution in [3.8, 4) is 5.75 Å². The normalized spacial score (nSPS) is 11.8. The molecular weight excluding hydrogens is 254 g/mol. The van der Waals surface area contributed by atoms with Gasteiger partial charge in [0.15, 0.2) is 0 Å². The molecule has 6 heteroatoms. The van der Waals surface area contributed by atoms with E-state index < -0.39 is 10.0 Å². The molecule has 1 radical (unpaired) electrons. The fourth-order valence-electron chi connectivity index (χ4n) is 1.45. The lowest BCUT2D eigenvalue weighted by molar-refractivity contribution is -0.0721. The van der Waals surface area contributed by atoms with Gasteiger partial charge < -0.3 is 4.74 Å². The van der Waals surface area contributed by atoms with Gasteiger partial charge in [0.05, 0.1) is 13.7 Å². The highest BCUT2D eigenvalue weighted by molar-refractivity contribution is 7.89. The highest BCUT2D eigenvalue weighted by Crippen LogP contribution is 2.26. The van der Waals surface area contributed by atoms with Crippen molar-refractivity contribution in [1.82, 2.24) is 4.47 Å². The number of rotatable bonds is 7. The number of methoxy groups -OCH3 is 1. The van der Waals surface area contributed by atoms with Gasteiger partial charge >= 0.3 is 0 Å². The lowest BCUT2D eigenvalue weighted by Gasteiger charge is -2.21. The first-order valence-electron chi connectivity index (χ1n) is 5.64. The van der Waals surface area contributed by atoms with Gasteiger partial charge in [-0.05, 0) is 25.5 Å². The lowest BCUT2D eigenvalue weighted by atomic mass is 10.3. The van der Waals surface area contributed by atoms with Crippen molar-refractivity contribution >= 4 is 10.0 Å². The Balaban J connectivity index is 3.17. The Morgan fingerprint density at radius 2 is 2.00 bits per heavy atom. The second kappa shape index (κ2) is 6.72. The van der Waals surface area contributed by atoms with Crippen molar-refractivity contribution in [2.75, 3.05) is 20.3 Å². The minimum absolute atomic E-state index is 0.0998.